The van der Waals surface area contributed by atoms with E-state index in [0.717, 1.165) is 25.2 Å². The normalized spacial score (nSPS) is 31.1. The zero-order valence-electron chi connectivity index (χ0n) is 9.53. The summed E-state index contributed by atoms with van der Waals surface area (Å²) in [6.07, 6.45) is -2.42. The topological polar surface area (TPSA) is 33.7 Å². The molecule has 4 rings (SSSR count). The minimum absolute atomic E-state index is 0.103. The molecule has 2 saturated heterocycles. The summed E-state index contributed by atoms with van der Waals surface area (Å²) in [7, 11) is 0. The van der Waals surface area contributed by atoms with Crippen LogP contribution in [0.1, 0.15) is 6.42 Å². The number of nitrogens with one attached hydrogen (secondary N) is 1. The molecule has 3 aliphatic heterocycles. The van der Waals surface area contributed by atoms with Gasteiger partial charge in [0.25, 0.3) is 0 Å². The van der Waals surface area contributed by atoms with E-state index in [9.17, 15) is 8.78 Å². The molecule has 2 atom stereocenters. The van der Waals surface area contributed by atoms with Gasteiger partial charge in [-0.25, -0.2) is 0 Å². The van der Waals surface area contributed by atoms with E-state index in [1.54, 1.807) is 12.1 Å². The number of rotatable bonds is 1. The molecule has 0 amide bonds. The second-order valence-corrected chi connectivity index (χ2v) is 4.95. The lowest BCUT2D eigenvalue weighted by atomic mass is 10.2. The van der Waals surface area contributed by atoms with Gasteiger partial charge in [-0.05, 0) is 18.6 Å². The summed E-state index contributed by atoms with van der Waals surface area (Å²) < 4.78 is 34.7. The highest BCUT2D eigenvalue weighted by molar-refractivity contribution is 5.59. The summed E-state index contributed by atoms with van der Waals surface area (Å²) in [5.74, 6) is 0.222. The van der Waals surface area contributed by atoms with Gasteiger partial charge in [0.2, 0.25) is 0 Å². The average Bonchev–Trinajstić information content (AvgIpc) is 2.98. The van der Waals surface area contributed by atoms with E-state index in [2.05, 4.69) is 19.7 Å². The molecular weight excluding hydrogens is 242 g/mol. The molecule has 2 unspecified atom stereocenters. The largest absolute Gasteiger partial charge is 0.586 e. The molecule has 3 heterocycles. The molecule has 0 aliphatic carbocycles. The van der Waals surface area contributed by atoms with Crippen molar-refractivity contribution in [3.05, 3.63) is 18.2 Å². The first-order valence-corrected chi connectivity index (χ1v) is 6.01. The van der Waals surface area contributed by atoms with E-state index in [4.69, 9.17) is 0 Å². The highest BCUT2D eigenvalue weighted by Gasteiger charge is 2.44. The zero-order valence-corrected chi connectivity index (χ0v) is 9.53. The molecule has 3 aliphatic rings. The molecular formula is C12H12F2N2O2. The predicted molar refractivity (Wildman–Crippen MR) is 60.2 cm³/mol. The number of halogens is 2. The molecule has 18 heavy (non-hydrogen) atoms. The Balaban J connectivity index is 1.65. The predicted octanol–water partition coefficient (Wildman–Crippen LogP) is 1.56. The maximum Gasteiger partial charge on any atom is 0.586 e. The summed E-state index contributed by atoms with van der Waals surface area (Å²) in [5.41, 5.74) is 0.920. The zero-order chi connectivity index (χ0) is 12.3. The molecule has 4 nitrogen and oxygen atoms in total. The van der Waals surface area contributed by atoms with E-state index in [-0.39, 0.29) is 11.5 Å². The van der Waals surface area contributed by atoms with Gasteiger partial charge < -0.3 is 19.7 Å². The second kappa shape index (κ2) is 3.26. The van der Waals surface area contributed by atoms with Gasteiger partial charge in [0.15, 0.2) is 11.5 Å². The van der Waals surface area contributed by atoms with Gasteiger partial charge in [-0.15, -0.1) is 8.78 Å². The summed E-state index contributed by atoms with van der Waals surface area (Å²) in [6.45, 7) is 1.87. The molecule has 2 fully saturated rings. The minimum Gasteiger partial charge on any atom is -0.395 e. The van der Waals surface area contributed by atoms with Crippen molar-refractivity contribution < 1.29 is 18.3 Å². The SMILES string of the molecule is FC1(F)Oc2ccc(N3CC4CC3CN4)cc2O1. The number of fused-ring (bicyclic) bond motifs is 3. The Bertz CT molecular complexity index is 509. The van der Waals surface area contributed by atoms with E-state index in [1.165, 1.54) is 0 Å². The lowest BCUT2D eigenvalue weighted by Crippen LogP contribution is -2.43. The number of ether oxygens (including phenoxy) is 2. The third-order valence-corrected chi connectivity index (χ3v) is 3.77. The quantitative estimate of drug-likeness (QED) is 0.824. The van der Waals surface area contributed by atoms with Gasteiger partial charge in [-0.3, -0.25) is 0 Å². The Morgan fingerprint density at radius 2 is 2.11 bits per heavy atom. The third kappa shape index (κ3) is 1.45. The molecule has 0 spiro atoms. The summed E-state index contributed by atoms with van der Waals surface area (Å²) in [5, 5.41) is 3.40. The fourth-order valence-corrected chi connectivity index (χ4v) is 2.99. The first-order valence-electron chi connectivity index (χ1n) is 6.01. The average molecular weight is 254 g/mol. The van der Waals surface area contributed by atoms with Crippen LogP contribution in [0.25, 0.3) is 0 Å². The fourth-order valence-electron chi connectivity index (χ4n) is 2.99. The van der Waals surface area contributed by atoms with E-state index < -0.39 is 6.29 Å². The molecule has 96 valence electrons. The van der Waals surface area contributed by atoms with Gasteiger partial charge in [0.1, 0.15) is 0 Å². The van der Waals surface area contributed by atoms with Crippen molar-refractivity contribution >= 4 is 5.69 Å². The van der Waals surface area contributed by atoms with Crippen LogP contribution in [0.3, 0.4) is 0 Å². The van der Waals surface area contributed by atoms with Crippen molar-refractivity contribution in [2.45, 2.75) is 24.8 Å². The van der Waals surface area contributed by atoms with Crippen LogP contribution in [0.5, 0.6) is 11.5 Å². The molecule has 0 aromatic heterocycles. The van der Waals surface area contributed by atoms with Gasteiger partial charge in [-0.2, -0.15) is 0 Å². The molecule has 6 heteroatoms. The number of nitrogens with zero attached hydrogens (tertiary/aromatic N) is 1. The molecule has 1 N–H and O–H groups in total. The van der Waals surface area contributed by atoms with E-state index >= 15 is 0 Å². The van der Waals surface area contributed by atoms with Crippen LogP contribution in [0.4, 0.5) is 14.5 Å². The van der Waals surface area contributed by atoms with Crippen LogP contribution in [0.15, 0.2) is 18.2 Å². The molecule has 0 saturated carbocycles. The summed E-state index contributed by atoms with van der Waals surface area (Å²) >= 11 is 0. The smallest absolute Gasteiger partial charge is 0.395 e. The minimum atomic E-state index is -3.54. The van der Waals surface area contributed by atoms with Crippen molar-refractivity contribution in [1.82, 2.24) is 5.32 Å². The van der Waals surface area contributed by atoms with Crippen LogP contribution < -0.4 is 19.7 Å². The summed E-state index contributed by atoms with van der Waals surface area (Å²) in [4.78, 5) is 2.24. The van der Waals surface area contributed by atoms with Crippen molar-refractivity contribution in [2.24, 2.45) is 0 Å². The monoisotopic (exact) mass is 254 g/mol. The maximum absolute atomic E-state index is 12.9. The molecule has 1 aromatic carbocycles. The first-order chi connectivity index (χ1) is 8.61. The van der Waals surface area contributed by atoms with Crippen LogP contribution >= 0.6 is 0 Å². The number of piperazine rings is 1. The highest BCUT2D eigenvalue weighted by atomic mass is 19.3. The Morgan fingerprint density at radius 3 is 2.83 bits per heavy atom. The van der Waals surface area contributed by atoms with Crippen LogP contribution in [-0.4, -0.2) is 31.5 Å². The number of hydrogen-bond donors (Lipinski definition) is 1. The Hall–Kier alpha value is -1.56. The van der Waals surface area contributed by atoms with Crippen molar-refractivity contribution in [1.29, 1.82) is 0 Å². The van der Waals surface area contributed by atoms with Crippen molar-refractivity contribution in [3.63, 3.8) is 0 Å². The molecule has 0 radical (unpaired) electrons. The number of hydrogen-bond acceptors (Lipinski definition) is 4. The first kappa shape index (κ1) is 10.4. The standard InChI is InChI=1S/C12H12F2N2O2/c13-12(14)17-10-2-1-8(4-11(10)18-12)16-6-7-3-9(16)5-15-7/h1-2,4,7,9,15H,3,5-6H2. The van der Waals surface area contributed by atoms with Crippen molar-refractivity contribution in [2.75, 3.05) is 18.0 Å². The lowest BCUT2D eigenvalue weighted by Gasteiger charge is -2.29. The second-order valence-electron chi connectivity index (χ2n) is 4.95. The maximum atomic E-state index is 12.9. The number of anilines is 1. The molecule has 1 aromatic rings. The van der Waals surface area contributed by atoms with Gasteiger partial charge in [-0.1, -0.05) is 0 Å². The van der Waals surface area contributed by atoms with Crippen LogP contribution in [0, 0.1) is 0 Å². The Morgan fingerprint density at radius 1 is 1.28 bits per heavy atom. The lowest BCUT2D eigenvalue weighted by molar-refractivity contribution is -0.286. The number of benzene rings is 1. The van der Waals surface area contributed by atoms with E-state index in [0.29, 0.717) is 12.1 Å². The van der Waals surface area contributed by atoms with Gasteiger partial charge in [0.05, 0.1) is 0 Å². The summed E-state index contributed by atoms with van der Waals surface area (Å²) in [6, 6.07) is 5.96. The fraction of sp³-hybridized carbons (Fsp3) is 0.500. The molecule has 2 bridgehead atoms. The number of alkyl halides is 2. The van der Waals surface area contributed by atoms with Gasteiger partial charge >= 0.3 is 6.29 Å². The van der Waals surface area contributed by atoms with Crippen LogP contribution in [-0.2, 0) is 0 Å². The third-order valence-electron chi connectivity index (χ3n) is 3.77. The van der Waals surface area contributed by atoms with Crippen LogP contribution in [0.2, 0.25) is 0 Å². The highest BCUT2D eigenvalue weighted by Crippen LogP contribution is 2.43. The van der Waals surface area contributed by atoms with Crippen molar-refractivity contribution in [3.8, 4) is 11.5 Å². The van der Waals surface area contributed by atoms with E-state index in [1.807, 2.05) is 6.07 Å². The Labute approximate surface area is 102 Å². The Kier molecular flexibility index (Phi) is 1.88. The van der Waals surface area contributed by atoms with Gasteiger partial charge in [0, 0.05) is 36.9 Å².